The second-order valence-electron chi connectivity index (χ2n) is 7.77. The molecule has 1 aliphatic rings. The molecule has 0 aliphatic carbocycles. The molecule has 1 heterocycles. The first-order valence-electron chi connectivity index (χ1n) is 10.6. The Balaban J connectivity index is 2.57. The molecule has 1 aromatic carbocycles. The van der Waals surface area contributed by atoms with Crippen LogP contribution in [-0.4, -0.2) is 55.1 Å². The Morgan fingerprint density at radius 2 is 1.86 bits per heavy atom. The van der Waals surface area contributed by atoms with Gasteiger partial charge in [-0.05, 0) is 50.9 Å². The molecular formula is C23H35N3O3. The number of ether oxygens (including phenoxy) is 1. The molecule has 6 heteroatoms. The molecule has 160 valence electrons. The summed E-state index contributed by atoms with van der Waals surface area (Å²) < 4.78 is 5.40. The van der Waals surface area contributed by atoms with E-state index in [-0.39, 0.29) is 12.0 Å². The molecule has 0 aromatic heterocycles. The minimum absolute atomic E-state index is 0.182. The highest BCUT2D eigenvalue weighted by molar-refractivity contribution is 5.95. The van der Waals surface area contributed by atoms with Gasteiger partial charge in [-0.25, -0.2) is 9.59 Å². The lowest BCUT2D eigenvalue weighted by Gasteiger charge is -2.37. The van der Waals surface area contributed by atoms with Crippen LogP contribution in [0.5, 0.6) is 0 Å². The summed E-state index contributed by atoms with van der Waals surface area (Å²) in [5, 5.41) is 3.02. The number of rotatable bonds is 9. The van der Waals surface area contributed by atoms with Gasteiger partial charge in [0, 0.05) is 18.8 Å². The first-order valence-corrected chi connectivity index (χ1v) is 10.6. The van der Waals surface area contributed by atoms with Crippen molar-refractivity contribution in [2.24, 2.45) is 0 Å². The van der Waals surface area contributed by atoms with Crippen LogP contribution in [0.3, 0.4) is 0 Å². The van der Waals surface area contributed by atoms with Gasteiger partial charge in [-0.15, -0.1) is 0 Å². The van der Waals surface area contributed by atoms with Crippen LogP contribution in [0.2, 0.25) is 0 Å². The van der Waals surface area contributed by atoms with Crippen molar-refractivity contribution < 1.29 is 14.3 Å². The second-order valence-corrected chi connectivity index (χ2v) is 7.77. The molecule has 0 saturated carbocycles. The summed E-state index contributed by atoms with van der Waals surface area (Å²) in [5.74, 6) is 0.0442. The monoisotopic (exact) mass is 401 g/mol. The zero-order chi connectivity index (χ0) is 21.6. The van der Waals surface area contributed by atoms with Gasteiger partial charge >= 0.3 is 12.0 Å². The van der Waals surface area contributed by atoms with Gasteiger partial charge in [0.2, 0.25) is 0 Å². The van der Waals surface area contributed by atoms with Gasteiger partial charge in [0.15, 0.2) is 0 Å². The molecule has 2 rings (SSSR count). The fraction of sp³-hybridized carbons (Fsp3) is 0.565. The van der Waals surface area contributed by atoms with Crippen LogP contribution in [0.4, 0.5) is 4.79 Å². The average molecular weight is 402 g/mol. The third-order valence-corrected chi connectivity index (χ3v) is 5.21. The number of nitrogens with one attached hydrogen (secondary N) is 1. The number of hydrogen-bond acceptors (Lipinski definition) is 4. The Kier molecular flexibility index (Phi) is 8.26. The molecule has 0 radical (unpaired) electrons. The summed E-state index contributed by atoms with van der Waals surface area (Å²) in [4.78, 5) is 29.7. The van der Waals surface area contributed by atoms with E-state index in [9.17, 15) is 9.59 Å². The van der Waals surface area contributed by atoms with E-state index in [0.717, 1.165) is 24.2 Å². The van der Waals surface area contributed by atoms with Crippen LogP contribution in [0.15, 0.2) is 35.5 Å². The first-order chi connectivity index (χ1) is 13.8. The van der Waals surface area contributed by atoms with Crippen LogP contribution in [0, 0.1) is 0 Å². The number of carbonyl (C=O) groups is 2. The molecular weight excluding hydrogens is 366 g/mol. The summed E-state index contributed by atoms with van der Waals surface area (Å²) in [7, 11) is 2.01. The highest BCUT2D eigenvalue weighted by Crippen LogP contribution is 2.32. The summed E-state index contributed by atoms with van der Waals surface area (Å²) in [6.45, 7) is 12.3. The maximum absolute atomic E-state index is 13.0. The van der Waals surface area contributed by atoms with Crippen LogP contribution in [-0.2, 0) is 9.53 Å². The largest absolute Gasteiger partial charge is 0.463 e. The number of urea groups is 1. The van der Waals surface area contributed by atoms with E-state index < -0.39 is 6.04 Å². The number of benzene rings is 1. The predicted molar refractivity (Wildman–Crippen MR) is 116 cm³/mol. The minimum Gasteiger partial charge on any atom is -0.463 e. The van der Waals surface area contributed by atoms with Gasteiger partial charge in [-0.2, -0.15) is 0 Å². The van der Waals surface area contributed by atoms with Crippen molar-refractivity contribution in [3.8, 4) is 0 Å². The fourth-order valence-electron chi connectivity index (χ4n) is 3.70. The third kappa shape index (κ3) is 5.38. The molecule has 2 amide bonds. The van der Waals surface area contributed by atoms with Crippen molar-refractivity contribution in [1.82, 2.24) is 15.1 Å². The lowest BCUT2D eigenvalue weighted by atomic mass is 9.92. The van der Waals surface area contributed by atoms with Crippen LogP contribution >= 0.6 is 0 Å². The standard InChI is InChI=1S/C23H35N3O3/c1-7-14-25(6)15-19-20(22(27)29-9-3)21(24-23(28)26(19)8-2)18-12-10-17(11-13-18)16(4)5/h10-13,16,21H,7-9,14-15H2,1-6H3,(H,24,28). The molecule has 1 aromatic rings. The Bertz CT molecular complexity index is 740. The molecule has 1 aliphatic heterocycles. The van der Waals surface area contributed by atoms with E-state index in [2.05, 4.69) is 43.1 Å². The number of hydrogen-bond donors (Lipinski definition) is 1. The Labute approximate surface area is 174 Å². The molecule has 1 N–H and O–H groups in total. The average Bonchev–Trinajstić information content (AvgIpc) is 2.68. The molecule has 0 saturated heterocycles. The molecule has 1 atom stereocenters. The van der Waals surface area contributed by atoms with E-state index in [0.29, 0.717) is 31.2 Å². The molecule has 1 unspecified atom stereocenters. The number of nitrogens with zero attached hydrogens (tertiary/aromatic N) is 2. The molecule has 29 heavy (non-hydrogen) atoms. The second kappa shape index (κ2) is 10.4. The van der Waals surface area contributed by atoms with Crippen molar-refractivity contribution in [2.45, 2.75) is 53.0 Å². The number of amides is 2. The Morgan fingerprint density at radius 1 is 1.21 bits per heavy atom. The van der Waals surface area contributed by atoms with Crippen LogP contribution in [0.25, 0.3) is 0 Å². The highest BCUT2D eigenvalue weighted by Gasteiger charge is 2.37. The van der Waals surface area contributed by atoms with Crippen molar-refractivity contribution >= 4 is 12.0 Å². The van der Waals surface area contributed by atoms with Gasteiger partial charge in [-0.1, -0.05) is 45.0 Å². The summed E-state index contributed by atoms with van der Waals surface area (Å²) in [5.41, 5.74) is 3.35. The maximum Gasteiger partial charge on any atom is 0.338 e. The smallest absolute Gasteiger partial charge is 0.338 e. The van der Waals surface area contributed by atoms with Crippen molar-refractivity contribution in [2.75, 3.05) is 33.3 Å². The van der Waals surface area contributed by atoms with E-state index in [4.69, 9.17) is 4.74 Å². The van der Waals surface area contributed by atoms with E-state index >= 15 is 0 Å². The van der Waals surface area contributed by atoms with E-state index in [1.165, 1.54) is 5.56 Å². The molecule has 0 fully saturated rings. The van der Waals surface area contributed by atoms with Crippen LogP contribution in [0.1, 0.15) is 64.1 Å². The normalized spacial score (nSPS) is 17.2. The first kappa shape index (κ1) is 22.9. The number of likely N-dealkylation sites (N-methyl/N-ethyl adjacent to an activating group) is 2. The fourth-order valence-corrected chi connectivity index (χ4v) is 3.70. The minimum atomic E-state index is -0.518. The maximum atomic E-state index is 13.0. The molecule has 0 spiro atoms. The Morgan fingerprint density at radius 3 is 2.38 bits per heavy atom. The number of carbonyl (C=O) groups excluding carboxylic acids is 2. The van der Waals surface area contributed by atoms with Crippen molar-refractivity contribution in [1.29, 1.82) is 0 Å². The van der Waals surface area contributed by atoms with Gasteiger partial charge < -0.3 is 15.0 Å². The van der Waals surface area contributed by atoms with Gasteiger partial charge in [0.05, 0.1) is 18.2 Å². The topological polar surface area (TPSA) is 61.9 Å². The van der Waals surface area contributed by atoms with E-state index in [1.807, 2.05) is 26.1 Å². The van der Waals surface area contributed by atoms with Crippen molar-refractivity contribution in [3.05, 3.63) is 46.7 Å². The summed E-state index contributed by atoms with van der Waals surface area (Å²) in [6, 6.07) is 7.41. The third-order valence-electron chi connectivity index (χ3n) is 5.21. The predicted octanol–water partition coefficient (Wildman–Crippen LogP) is 4.06. The highest BCUT2D eigenvalue weighted by atomic mass is 16.5. The van der Waals surface area contributed by atoms with Gasteiger partial charge in [-0.3, -0.25) is 4.90 Å². The Hall–Kier alpha value is -2.34. The van der Waals surface area contributed by atoms with Gasteiger partial charge in [0.1, 0.15) is 0 Å². The van der Waals surface area contributed by atoms with Crippen LogP contribution < -0.4 is 5.32 Å². The lowest BCUT2D eigenvalue weighted by molar-refractivity contribution is -0.139. The zero-order valence-electron chi connectivity index (χ0n) is 18.6. The van der Waals surface area contributed by atoms with Gasteiger partial charge in [0.25, 0.3) is 0 Å². The SMILES string of the molecule is CCCN(C)CC1=C(C(=O)OCC)C(c2ccc(C(C)C)cc2)NC(=O)N1CC. The summed E-state index contributed by atoms with van der Waals surface area (Å²) in [6.07, 6.45) is 0.997. The summed E-state index contributed by atoms with van der Waals surface area (Å²) >= 11 is 0. The molecule has 0 bridgehead atoms. The quantitative estimate of drug-likeness (QED) is 0.634. The van der Waals surface area contributed by atoms with E-state index in [1.54, 1.807) is 11.8 Å². The number of esters is 1. The molecule has 6 nitrogen and oxygen atoms in total. The van der Waals surface area contributed by atoms with Crippen molar-refractivity contribution in [3.63, 3.8) is 0 Å². The zero-order valence-corrected chi connectivity index (χ0v) is 18.6. The lowest BCUT2D eigenvalue weighted by Crippen LogP contribution is -2.50.